The molecule has 0 unspecified atom stereocenters. The molecule has 0 bridgehead atoms. The van der Waals surface area contributed by atoms with Gasteiger partial charge in [-0.25, -0.2) is 4.79 Å². The second kappa shape index (κ2) is 5.88. The molecule has 1 N–H and O–H groups in total. The minimum Gasteiger partial charge on any atom is -0.425 e. The van der Waals surface area contributed by atoms with Gasteiger partial charge in [-0.15, -0.1) is 11.8 Å². The SMILES string of the molecule is CC(=O)Nc1ccc(OC(=O)[C@@H]2CS[C@@]3(C)CCC(=O)N23)cc1. The number of anilines is 1. The Morgan fingerprint density at radius 2 is 2.04 bits per heavy atom. The highest BCUT2D eigenvalue weighted by Gasteiger charge is 2.53. The zero-order valence-electron chi connectivity index (χ0n) is 13.0. The van der Waals surface area contributed by atoms with E-state index in [0.29, 0.717) is 23.6 Å². The molecule has 122 valence electrons. The summed E-state index contributed by atoms with van der Waals surface area (Å²) in [6.07, 6.45) is 1.25. The van der Waals surface area contributed by atoms with Gasteiger partial charge in [0, 0.05) is 24.8 Å². The quantitative estimate of drug-likeness (QED) is 0.676. The number of fused-ring (bicyclic) bond motifs is 1. The summed E-state index contributed by atoms with van der Waals surface area (Å²) in [6, 6.07) is 6.04. The number of ether oxygens (including phenoxy) is 1. The first-order valence-electron chi connectivity index (χ1n) is 7.44. The first-order chi connectivity index (χ1) is 10.9. The van der Waals surface area contributed by atoms with Crippen molar-refractivity contribution < 1.29 is 19.1 Å². The van der Waals surface area contributed by atoms with E-state index in [1.54, 1.807) is 40.9 Å². The molecule has 0 spiro atoms. The van der Waals surface area contributed by atoms with Crippen LogP contribution in [0.15, 0.2) is 24.3 Å². The number of benzene rings is 1. The van der Waals surface area contributed by atoms with Crippen molar-refractivity contribution in [2.75, 3.05) is 11.1 Å². The summed E-state index contributed by atoms with van der Waals surface area (Å²) in [4.78, 5) is 36.8. The number of carbonyl (C=O) groups is 3. The van der Waals surface area contributed by atoms with Gasteiger partial charge in [-0.05, 0) is 37.6 Å². The summed E-state index contributed by atoms with van der Waals surface area (Å²) in [5.74, 6) is 0.397. The molecular weight excluding hydrogens is 316 g/mol. The molecule has 2 heterocycles. The van der Waals surface area contributed by atoms with Gasteiger partial charge in [0.25, 0.3) is 0 Å². The predicted octanol–water partition coefficient (Wildman–Crippen LogP) is 2.00. The van der Waals surface area contributed by atoms with E-state index in [2.05, 4.69) is 5.32 Å². The smallest absolute Gasteiger partial charge is 0.335 e. The summed E-state index contributed by atoms with van der Waals surface area (Å²) in [5, 5.41) is 2.65. The standard InChI is InChI=1S/C16H18N2O4S/c1-10(19)17-11-3-5-12(6-4-11)22-15(21)13-9-23-16(2)8-7-14(20)18(13)16/h3-6,13H,7-9H2,1-2H3,(H,17,19)/t13-,16-/m0/s1. The number of carbonyl (C=O) groups excluding carboxylic acids is 3. The van der Waals surface area contributed by atoms with Crippen molar-refractivity contribution in [2.24, 2.45) is 0 Å². The van der Waals surface area contributed by atoms with Crippen molar-refractivity contribution in [1.29, 1.82) is 0 Å². The number of hydrogen-bond acceptors (Lipinski definition) is 5. The third-order valence-electron chi connectivity index (χ3n) is 4.11. The van der Waals surface area contributed by atoms with Gasteiger partial charge in [0.2, 0.25) is 11.8 Å². The normalized spacial score (nSPS) is 26.1. The molecule has 0 aliphatic carbocycles. The fraction of sp³-hybridized carbons (Fsp3) is 0.438. The Hall–Kier alpha value is -2.02. The lowest BCUT2D eigenvalue weighted by molar-refractivity contribution is -0.146. The summed E-state index contributed by atoms with van der Waals surface area (Å²) in [6.45, 7) is 3.42. The molecule has 6 nitrogen and oxygen atoms in total. The Balaban J connectivity index is 1.67. The van der Waals surface area contributed by atoms with Gasteiger partial charge in [0.1, 0.15) is 11.8 Å². The van der Waals surface area contributed by atoms with E-state index in [-0.39, 0.29) is 16.7 Å². The van der Waals surface area contributed by atoms with E-state index < -0.39 is 12.0 Å². The van der Waals surface area contributed by atoms with Crippen molar-refractivity contribution >= 4 is 35.2 Å². The van der Waals surface area contributed by atoms with Crippen molar-refractivity contribution in [3.63, 3.8) is 0 Å². The van der Waals surface area contributed by atoms with E-state index in [4.69, 9.17) is 4.74 Å². The van der Waals surface area contributed by atoms with Crippen LogP contribution in [0.4, 0.5) is 5.69 Å². The van der Waals surface area contributed by atoms with Crippen LogP contribution in [0, 0.1) is 0 Å². The maximum atomic E-state index is 12.4. The van der Waals surface area contributed by atoms with E-state index in [1.807, 2.05) is 6.92 Å². The van der Waals surface area contributed by atoms with Crippen LogP contribution in [0.25, 0.3) is 0 Å². The number of rotatable bonds is 3. The van der Waals surface area contributed by atoms with Gasteiger partial charge in [-0.2, -0.15) is 0 Å². The second-order valence-corrected chi connectivity index (χ2v) is 7.39. The van der Waals surface area contributed by atoms with Crippen molar-refractivity contribution in [2.45, 2.75) is 37.6 Å². The molecule has 23 heavy (non-hydrogen) atoms. The first kappa shape index (κ1) is 15.9. The Labute approximate surface area is 138 Å². The third kappa shape index (κ3) is 3.06. The molecule has 0 radical (unpaired) electrons. The van der Waals surface area contributed by atoms with Gasteiger partial charge in [0.05, 0.1) is 4.87 Å². The summed E-state index contributed by atoms with van der Waals surface area (Å²) >= 11 is 1.63. The van der Waals surface area contributed by atoms with E-state index >= 15 is 0 Å². The van der Waals surface area contributed by atoms with Crippen LogP contribution >= 0.6 is 11.8 Å². The van der Waals surface area contributed by atoms with Crippen LogP contribution in [0.1, 0.15) is 26.7 Å². The maximum absolute atomic E-state index is 12.4. The highest BCUT2D eigenvalue weighted by molar-refractivity contribution is 8.01. The molecule has 0 aromatic heterocycles. The van der Waals surface area contributed by atoms with E-state index in [1.165, 1.54) is 6.92 Å². The Morgan fingerprint density at radius 1 is 1.35 bits per heavy atom. The number of esters is 1. The average molecular weight is 334 g/mol. The molecular formula is C16H18N2O4S. The minimum atomic E-state index is -0.532. The molecule has 2 aliphatic rings. The topological polar surface area (TPSA) is 75.7 Å². The van der Waals surface area contributed by atoms with Crippen LogP contribution in [0.5, 0.6) is 5.75 Å². The number of amides is 2. The molecule has 2 aliphatic heterocycles. The molecule has 2 saturated heterocycles. The van der Waals surface area contributed by atoms with Crippen molar-refractivity contribution in [1.82, 2.24) is 4.90 Å². The number of hydrogen-bond donors (Lipinski definition) is 1. The molecule has 0 saturated carbocycles. The first-order valence-corrected chi connectivity index (χ1v) is 8.43. The fourth-order valence-electron chi connectivity index (χ4n) is 2.99. The van der Waals surface area contributed by atoms with Crippen LogP contribution < -0.4 is 10.1 Å². The second-order valence-electron chi connectivity index (χ2n) is 5.89. The number of nitrogens with one attached hydrogen (secondary N) is 1. The Kier molecular flexibility index (Phi) is 4.06. The molecule has 2 fully saturated rings. The third-order valence-corrected chi connectivity index (χ3v) is 5.62. The lowest BCUT2D eigenvalue weighted by Crippen LogP contribution is -2.47. The largest absolute Gasteiger partial charge is 0.425 e. The lowest BCUT2D eigenvalue weighted by Gasteiger charge is -2.29. The van der Waals surface area contributed by atoms with Crippen LogP contribution in [0.3, 0.4) is 0 Å². The monoisotopic (exact) mass is 334 g/mol. The Morgan fingerprint density at radius 3 is 2.70 bits per heavy atom. The van der Waals surface area contributed by atoms with Gasteiger partial charge >= 0.3 is 5.97 Å². The number of nitrogens with zero attached hydrogens (tertiary/aromatic N) is 1. The predicted molar refractivity (Wildman–Crippen MR) is 87.1 cm³/mol. The Bertz CT molecular complexity index is 661. The lowest BCUT2D eigenvalue weighted by atomic mass is 10.2. The van der Waals surface area contributed by atoms with Crippen LogP contribution in [-0.2, 0) is 14.4 Å². The van der Waals surface area contributed by atoms with Gasteiger partial charge in [-0.3, -0.25) is 9.59 Å². The fourth-order valence-corrected chi connectivity index (χ4v) is 4.41. The van der Waals surface area contributed by atoms with Crippen molar-refractivity contribution in [3.05, 3.63) is 24.3 Å². The van der Waals surface area contributed by atoms with Crippen molar-refractivity contribution in [3.8, 4) is 5.75 Å². The van der Waals surface area contributed by atoms with Gasteiger partial charge < -0.3 is 15.0 Å². The van der Waals surface area contributed by atoms with Gasteiger partial charge in [0.15, 0.2) is 0 Å². The summed E-state index contributed by atoms with van der Waals surface area (Å²) in [7, 11) is 0. The number of thioether (sulfide) groups is 1. The van der Waals surface area contributed by atoms with Crippen LogP contribution in [0.2, 0.25) is 0 Å². The minimum absolute atomic E-state index is 0.0143. The van der Waals surface area contributed by atoms with E-state index in [0.717, 1.165) is 6.42 Å². The van der Waals surface area contributed by atoms with Gasteiger partial charge in [-0.1, -0.05) is 0 Å². The molecule has 1 aromatic rings. The molecule has 2 atom stereocenters. The average Bonchev–Trinajstić information content (AvgIpc) is 2.98. The highest BCUT2D eigenvalue weighted by atomic mass is 32.2. The highest BCUT2D eigenvalue weighted by Crippen LogP contribution is 2.47. The summed E-state index contributed by atoms with van der Waals surface area (Å²) in [5.41, 5.74) is 0.635. The molecule has 7 heteroatoms. The zero-order valence-corrected chi connectivity index (χ0v) is 13.8. The molecule has 3 rings (SSSR count). The van der Waals surface area contributed by atoms with Crippen LogP contribution in [-0.4, -0.2) is 39.3 Å². The molecule has 2 amide bonds. The summed E-state index contributed by atoms with van der Waals surface area (Å²) < 4.78 is 5.40. The van der Waals surface area contributed by atoms with E-state index in [9.17, 15) is 14.4 Å². The molecule has 1 aromatic carbocycles. The zero-order chi connectivity index (χ0) is 16.6. The maximum Gasteiger partial charge on any atom is 0.335 e.